The van der Waals surface area contributed by atoms with Gasteiger partial charge in [-0.1, -0.05) is 45.4 Å². The smallest absolute Gasteiger partial charge is 0.308 e. The van der Waals surface area contributed by atoms with E-state index in [0.717, 1.165) is 19.3 Å². The van der Waals surface area contributed by atoms with Crippen molar-refractivity contribution in [2.45, 2.75) is 71.0 Å². The highest BCUT2D eigenvalue weighted by atomic mass is 16.6. The summed E-state index contributed by atoms with van der Waals surface area (Å²) in [4.78, 5) is 11.2. The second-order valence-corrected chi connectivity index (χ2v) is 4.33. The van der Waals surface area contributed by atoms with Gasteiger partial charge in [-0.15, -0.1) is 0 Å². The molecule has 0 aromatic rings. The minimum absolute atomic E-state index is 0.0861. The maximum atomic E-state index is 11.2. The van der Waals surface area contributed by atoms with Crippen LogP contribution in [0.4, 0.5) is 0 Å². The maximum absolute atomic E-state index is 11.2. The molecule has 1 atom stereocenters. The molecule has 0 aliphatic carbocycles. The van der Waals surface area contributed by atoms with Crippen molar-refractivity contribution in [3.05, 3.63) is 0 Å². The van der Waals surface area contributed by atoms with Gasteiger partial charge in [0, 0.05) is 19.4 Å². The third-order valence-corrected chi connectivity index (χ3v) is 2.63. The van der Waals surface area contributed by atoms with Crippen molar-refractivity contribution in [2.24, 2.45) is 0 Å². The van der Waals surface area contributed by atoms with Gasteiger partial charge in [-0.3, -0.25) is 4.79 Å². The summed E-state index contributed by atoms with van der Waals surface area (Å²) in [6, 6.07) is 0. The van der Waals surface area contributed by atoms with Crippen molar-refractivity contribution in [3.8, 4) is 0 Å². The molecule has 0 aliphatic rings. The van der Waals surface area contributed by atoms with E-state index >= 15 is 0 Å². The summed E-state index contributed by atoms with van der Waals surface area (Å²) in [5, 5.41) is 17.6. The average Bonchev–Trinajstić information content (AvgIpc) is 2.28. The summed E-state index contributed by atoms with van der Waals surface area (Å²) >= 11 is 0. The molecule has 1 unspecified atom stereocenters. The van der Waals surface area contributed by atoms with Crippen LogP contribution in [0.5, 0.6) is 0 Å². The van der Waals surface area contributed by atoms with Crippen LogP contribution in [0.1, 0.15) is 64.7 Å². The van der Waals surface area contributed by atoms with Crippen LogP contribution in [0.15, 0.2) is 0 Å². The molecular weight excluding hydrogens is 220 g/mol. The molecule has 0 aromatic carbocycles. The van der Waals surface area contributed by atoms with Crippen molar-refractivity contribution >= 4 is 5.97 Å². The SMILES string of the molecule is CCCCCCCCCC(=O)OC(O)CCO. The Balaban J connectivity index is 3.27. The maximum Gasteiger partial charge on any atom is 0.308 e. The summed E-state index contributed by atoms with van der Waals surface area (Å²) in [6.45, 7) is 2.01. The fourth-order valence-corrected chi connectivity index (χ4v) is 1.61. The Morgan fingerprint density at radius 3 is 2.29 bits per heavy atom. The minimum atomic E-state index is -1.16. The van der Waals surface area contributed by atoms with Crippen molar-refractivity contribution in [3.63, 3.8) is 0 Å². The molecule has 0 fully saturated rings. The predicted molar refractivity (Wildman–Crippen MR) is 66.4 cm³/mol. The lowest BCUT2D eigenvalue weighted by Crippen LogP contribution is -2.18. The van der Waals surface area contributed by atoms with E-state index in [1.54, 1.807) is 0 Å². The lowest BCUT2D eigenvalue weighted by atomic mass is 10.1. The zero-order valence-electron chi connectivity index (χ0n) is 10.9. The van der Waals surface area contributed by atoms with E-state index in [1.165, 1.54) is 25.7 Å². The highest BCUT2D eigenvalue weighted by Gasteiger charge is 2.09. The van der Waals surface area contributed by atoms with Gasteiger partial charge in [0.1, 0.15) is 0 Å². The monoisotopic (exact) mass is 246 g/mol. The summed E-state index contributed by atoms with van der Waals surface area (Å²) < 4.78 is 4.69. The van der Waals surface area contributed by atoms with Crippen LogP contribution in [0.3, 0.4) is 0 Å². The second kappa shape index (κ2) is 11.9. The van der Waals surface area contributed by atoms with E-state index in [-0.39, 0.29) is 19.0 Å². The second-order valence-electron chi connectivity index (χ2n) is 4.33. The quantitative estimate of drug-likeness (QED) is 0.334. The molecule has 0 aromatic heterocycles. The highest BCUT2D eigenvalue weighted by molar-refractivity contribution is 5.69. The fraction of sp³-hybridized carbons (Fsp3) is 0.923. The third kappa shape index (κ3) is 11.6. The molecule has 0 radical (unpaired) electrons. The standard InChI is InChI=1S/C13H26O4/c1-2-3-4-5-6-7-8-9-12(15)17-13(16)10-11-14/h13-14,16H,2-11H2,1H3. The Morgan fingerprint density at radius 2 is 1.71 bits per heavy atom. The lowest BCUT2D eigenvalue weighted by Gasteiger charge is -2.10. The first-order valence-electron chi connectivity index (χ1n) is 6.69. The van der Waals surface area contributed by atoms with Crippen molar-refractivity contribution in [1.82, 2.24) is 0 Å². The Bertz CT molecular complexity index is 182. The molecule has 0 rings (SSSR count). The van der Waals surface area contributed by atoms with Crippen molar-refractivity contribution < 1.29 is 19.7 Å². The summed E-state index contributed by atoms with van der Waals surface area (Å²) in [5.74, 6) is -0.375. The lowest BCUT2D eigenvalue weighted by molar-refractivity contribution is -0.169. The van der Waals surface area contributed by atoms with Crippen LogP contribution in [0.25, 0.3) is 0 Å². The normalized spacial score (nSPS) is 12.4. The van der Waals surface area contributed by atoms with Crippen LogP contribution < -0.4 is 0 Å². The fourth-order valence-electron chi connectivity index (χ4n) is 1.61. The van der Waals surface area contributed by atoms with E-state index in [0.29, 0.717) is 6.42 Å². The largest absolute Gasteiger partial charge is 0.436 e. The van der Waals surface area contributed by atoms with Crippen molar-refractivity contribution in [1.29, 1.82) is 0 Å². The molecular formula is C13H26O4. The number of aliphatic hydroxyl groups is 2. The summed E-state index contributed by atoms with van der Waals surface area (Å²) in [7, 11) is 0. The van der Waals surface area contributed by atoms with Gasteiger partial charge in [0.15, 0.2) is 0 Å². The zero-order chi connectivity index (χ0) is 12.9. The first-order valence-corrected chi connectivity index (χ1v) is 6.69. The molecule has 0 saturated heterocycles. The summed E-state index contributed by atoms with van der Waals surface area (Å²) in [6.07, 6.45) is 7.34. The van der Waals surface area contributed by atoms with E-state index in [9.17, 15) is 4.79 Å². The number of unbranched alkanes of at least 4 members (excludes halogenated alkanes) is 6. The van der Waals surface area contributed by atoms with Crippen LogP contribution in [0, 0.1) is 0 Å². The number of aliphatic hydroxyl groups excluding tert-OH is 2. The molecule has 4 heteroatoms. The highest BCUT2D eigenvalue weighted by Crippen LogP contribution is 2.09. The van der Waals surface area contributed by atoms with E-state index < -0.39 is 6.29 Å². The van der Waals surface area contributed by atoms with Gasteiger partial charge in [-0.25, -0.2) is 0 Å². The van der Waals surface area contributed by atoms with Crippen LogP contribution in [-0.2, 0) is 9.53 Å². The Kier molecular flexibility index (Phi) is 11.4. The molecule has 0 bridgehead atoms. The first-order chi connectivity index (χ1) is 8.20. The van der Waals surface area contributed by atoms with E-state index in [4.69, 9.17) is 14.9 Å². The predicted octanol–water partition coefficient (Wildman–Crippen LogP) is 2.37. The number of carbonyl (C=O) groups excluding carboxylic acids is 1. The van der Waals surface area contributed by atoms with Crippen molar-refractivity contribution in [2.75, 3.05) is 6.61 Å². The molecule has 4 nitrogen and oxygen atoms in total. The Hall–Kier alpha value is -0.610. The Labute approximate surface area is 104 Å². The van der Waals surface area contributed by atoms with Gasteiger partial charge in [-0.2, -0.15) is 0 Å². The molecule has 2 N–H and O–H groups in total. The molecule has 0 amide bonds. The molecule has 0 heterocycles. The number of esters is 1. The van der Waals surface area contributed by atoms with Gasteiger partial charge in [0.2, 0.25) is 6.29 Å². The topological polar surface area (TPSA) is 66.8 Å². The molecule has 0 saturated carbocycles. The van der Waals surface area contributed by atoms with Crippen LogP contribution >= 0.6 is 0 Å². The van der Waals surface area contributed by atoms with E-state index in [2.05, 4.69) is 6.92 Å². The summed E-state index contributed by atoms with van der Waals surface area (Å²) in [5.41, 5.74) is 0. The third-order valence-electron chi connectivity index (χ3n) is 2.63. The van der Waals surface area contributed by atoms with Gasteiger partial charge < -0.3 is 14.9 Å². The number of hydrogen-bond donors (Lipinski definition) is 2. The van der Waals surface area contributed by atoms with E-state index in [1.807, 2.05) is 0 Å². The molecule has 17 heavy (non-hydrogen) atoms. The number of carbonyl (C=O) groups is 1. The Morgan fingerprint density at radius 1 is 1.12 bits per heavy atom. The first kappa shape index (κ1) is 16.4. The number of hydrogen-bond acceptors (Lipinski definition) is 4. The minimum Gasteiger partial charge on any atom is -0.436 e. The molecule has 102 valence electrons. The van der Waals surface area contributed by atoms with Gasteiger partial charge in [-0.05, 0) is 6.42 Å². The zero-order valence-corrected chi connectivity index (χ0v) is 10.9. The molecule has 0 aliphatic heterocycles. The van der Waals surface area contributed by atoms with Gasteiger partial charge in [0.25, 0.3) is 0 Å². The van der Waals surface area contributed by atoms with Crippen LogP contribution in [-0.4, -0.2) is 29.1 Å². The average molecular weight is 246 g/mol. The number of rotatable bonds is 11. The van der Waals surface area contributed by atoms with Gasteiger partial charge in [0.05, 0.1) is 0 Å². The number of ether oxygens (including phenoxy) is 1. The molecule has 0 spiro atoms. The van der Waals surface area contributed by atoms with Crippen LogP contribution in [0.2, 0.25) is 0 Å². The van der Waals surface area contributed by atoms with Gasteiger partial charge >= 0.3 is 5.97 Å².